The molecule has 0 atom stereocenters. The second-order valence-electron chi connectivity index (χ2n) is 6.40. The summed E-state index contributed by atoms with van der Waals surface area (Å²) < 4.78 is 5.28. The van der Waals surface area contributed by atoms with Crippen LogP contribution in [0.2, 0.25) is 5.02 Å². The normalized spacial score (nSPS) is 10.6. The molecule has 2 N–H and O–H groups in total. The summed E-state index contributed by atoms with van der Waals surface area (Å²) in [6.45, 7) is 5.00. The van der Waals surface area contributed by atoms with E-state index in [-0.39, 0.29) is 24.9 Å². The number of benzene rings is 2. The summed E-state index contributed by atoms with van der Waals surface area (Å²) in [7, 11) is 1.60. The van der Waals surface area contributed by atoms with Gasteiger partial charge in [0.2, 0.25) is 11.8 Å². The molecule has 2 amide bonds. The van der Waals surface area contributed by atoms with Gasteiger partial charge in [-0.15, -0.1) is 0 Å². The Kier molecular flexibility index (Phi) is 8.29. The van der Waals surface area contributed by atoms with Crippen LogP contribution < -0.4 is 15.4 Å². The Labute approximate surface area is 170 Å². The van der Waals surface area contributed by atoms with E-state index in [1.165, 1.54) is 0 Å². The van der Waals surface area contributed by atoms with E-state index in [0.717, 1.165) is 16.9 Å². The maximum absolute atomic E-state index is 12.3. The highest BCUT2D eigenvalue weighted by Crippen LogP contribution is 2.20. The number of carbonyl (C=O) groups is 2. The molecule has 0 spiro atoms. The lowest BCUT2D eigenvalue weighted by atomic mass is 10.2. The van der Waals surface area contributed by atoms with Crippen LogP contribution in [-0.4, -0.2) is 43.5 Å². The van der Waals surface area contributed by atoms with E-state index < -0.39 is 0 Å². The Morgan fingerprint density at radius 3 is 2.54 bits per heavy atom. The Hall–Kier alpha value is -2.57. The van der Waals surface area contributed by atoms with Gasteiger partial charge < -0.3 is 15.4 Å². The number of aryl methyl sites for hydroxylation is 1. The highest BCUT2D eigenvalue weighted by Gasteiger charge is 2.14. The number of amides is 2. The first kappa shape index (κ1) is 21.7. The van der Waals surface area contributed by atoms with Gasteiger partial charge in [0.25, 0.3) is 0 Å². The topological polar surface area (TPSA) is 70.7 Å². The Balaban J connectivity index is 1.86. The number of ether oxygens (including phenoxy) is 1. The molecule has 0 fully saturated rings. The van der Waals surface area contributed by atoms with Crippen molar-refractivity contribution in [2.45, 2.75) is 20.4 Å². The average Bonchev–Trinajstić information content (AvgIpc) is 2.68. The van der Waals surface area contributed by atoms with Crippen molar-refractivity contribution in [3.63, 3.8) is 0 Å². The predicted molar refractivity (Wildman–Crippen MR) is 112 cm³/mol. The Morgan fingerprint density at radius 2 is 1.82 bits per heavy atom. The molecule has 2 rings (SSSR count). The van der Waals surface area contributed by atoms with Crippen molar-refractivity contribution < 1.29 is 14.3 Å². The number of methoxy groups -OCH3 is 1. The number of likely N-dealkylation sites (N-methyl/N-ethyl adjacent to an activating group) is 1. The number of rotatable bonds is 9. The molecule has 7 heteroatoms. The molecule has 6 nitrogen and oxygen atoms in total. The van der Waals surface area contributed by atoms with E-state index in [9.17, 15) is 9.59 Å². The molecule has 2 aromatic rings. The molecule has 0 bridgehead atoms. The van der Waals surface area contributed by atoms with Crippen LogP contribution in [0, 0.1) is 6.92 Å². The molecule has 0 aliphatic carbocycles. The highest BCUT2D eigenvalue weighted by atomic mass is 35.5. The van der Waals surface area contributed by atoms with Crippen LogP contribution in [0.5, 0.6) is 5.75 Å². The number of halogens is 1. The third-order valence-corrected chi connectivity index (χ3v) is 4.56. The smallest absolute Gasteiger partial charge is 0.238 e. The third kappa shape index (κ3) is 6.55. The van der Waals surface area contributed by atoms with Crippen molar-refractivity contribution in [2.24, 2.45) is 0 Å². The molecule has 0 aliphatic heterocycles. The second kappa shape index (κ2) is 10.7. The molecule has 28 heavy (non-hydrogen) atoms. The maximum Gasteiger partial charge on any atom is 0.238 e. The van der Waals surface area contributed by atoms with Crippen molar-refractivity contribution in [1.29, 1.82) is 0 Å². The molecule has 0 heterocycles. The Morgan fingerprint density at radius 1 is 1.11 bits per heavy atom. The first-order valence-corrected chi connectivity index (χ1v) is 9.47. The summed E-state index contributed by atoms with van der Waals surface area (Å²) in [5.41, 5.74) is 2.50. The van der Waals surface area contributed by atoms with Gasteiger partial charge in [-0.3, -0.25) is 14.5 Å². The molecule has 2 aromatic carbocycles. The minimum atomic E-state index is -0.190. The summed E-state index contributed by atoms with van der Waals surface area (Å²) in [6, 6.07) is 12.9. The monoisotopic (exact) mass is 403 g/mol. The number of carbonyl (C=O) groups excluding carboxylic acids is 2. The highest BCUT2D eigenvalue weighted by molar-refractivity contribution is 6.31. The lowest BCUT2D eigenvalue weighted by Gasteiger charge is -2.20. The lowest BCUT2D eigenvalue weighted by molar-refractivity contribution is -0.123. The summed E-state index contributed by atoms with van der Waals surface area (Å²) in [5.74, 6) is 0.385. The van der Waals surface area contributed by atoms with Crippen LogP contribution in [0.1, 0.15) is 18.1 Å². The molecule has 0 aliphatic rings. The summed E-state index contributed by atoms with van der Waals surface area (Å²) in [5, 5.41) is 6.28. The molecular weight excluding hydrogens is 378 g/mol. The van der Waals surface area contributed by atoms with Gasteiger partial charge in [0.1, 0.15) is 5.75 Å². The number of nitrogens with one attached hydrogen (secondary N) is 2. The van der Waals surface area contributed by atoms with Crippen molar-refractivity contribution >= 4 is 29.1 Å². The van der Waals surface area contributed by atoms with Crippen LogP contribution in [-0.2, 0) is 16.1 Å². The summed E-state index contributed by atoms with van der Waals surface area (Å²) in [4.78, 5) is 26.4. The van der Waals surface area contributed by atoms with Gasteiger partial charge in [-0.2, -0.15) is 0 Å². The summed E-state index contributed by atoms with van der Waals surface area (Å²) in [6.07, 6.45) is 0. The minimum absolute atomic E-state index is 0.116. The van der Waals surface area contributed by atoms with E-state index in [0.29, 0.717) is 23.8 Å². The lowest BCUT2D eigenvalue weighted by Crippen LogP contribution is -2.40. The van der Waals surface area contributed by atoms with Gasteiger partial charge in [0.15, 0.2) is 0 Å². The molecule has 0 unspecified atom stereocenters. The zero-order chi connectivity index (χ0) is 20.5. The third-order valence-electron chi connectivity index (χ3n) is 4.32. The van der Waals surface area contributed by atoms with E-state index in [2.05, 4.69) is 10.6 Å². The number of nitrogens with zero attached hydrogens (tertiary/aromatic N) is 1. The van der Waals surface area contributed by atoms with E-state index in [1.807, 2.05) is 44.2 Å². The zero-order valence-electron chi connectivity index (χ0n) is 16.4. The van der Waals surface area contributed by atoms with Crippen molar-refractivity contribution in [2.75, 3.05) is 32.1 Å². The average molecular weight is 404 g/mol. The van der Waals surface area contributed by atoms with Crippen molar-refractivity contribution in [1.82, 2.24) is 10.2 Å². The fourth-order valence-corrected chi connectivity index (χ4v) is 2.88. The van der Waals surface area contributed by atoms with E-state index in [4.69, 9.17) is 16.3 Å². The summed E-state index contributed by atoms with van der Waals surface area (Å²) >= 11 is 5.99. The van der Waals surface area contributed by atoms with Crippen LogP contribution in [0.4, 0.5) is 5.69 Å². The van der Waals surface area contributed by atoms with E-state index in [1.54, 1.807) is 24.1 Å². The standard InChI is InChI=1S/C21H26ClN3O3/c1-4-25(14-21(27)24-18-11-17(22)10-9-15(18)2)13-20(26)23-12-16-7-5-6-8-19(16)28-3/h5-11H,4,12-14H2,1-3H3,(H,23,26)(H,24,27). The first-order chi connectivity index (χ1) is 13.4. The van der Waals surface area contributed by atoms with Crippen LogP contribution >= 0.6 is 11.6 Å². The molecular formula is C21H26ClN3O3. The largest absolute Gasteiger partial charge is 0.496 e. The fourth-order valence-electron chi connectivity index (χ4n) is 2.70. The number of hydrogen-bond donors (Lipinski definition) is 2. The molecule has 0 saturated carbocycles. The van der Waals surface area contributed by atoms with Crippen molar-refractivity contribution in [3.05, 3.63) is 58.6 Å². The molecule has 0 radical (unpaired) electrons. The number of anilines is 1. The van der Waals surface area contributed by atoms with Crippen LogP contribution in [0.3, 0.4) is 0 Å². The van der Waals surface area contributed by atoms with Gasteiger partial charge in [-0.1, -0.05) is 42.8 Å². The predicted octanol–water partition coefficient (Wildman–Crippen LogP) is 3.23. The SMILES string of the molecule is CCN(CC(=O)NCc1ccccc1OC)CC(=O)Nc1cc(Cl)ccc1C. The minimum Gasteiger partial charge on any atom is -0.496 e. The molecule has 150 valence electrons. The van der Waals surface area contributed by atoms with Gasteiger partial charge in [-0.05, 0) is 37.2 Å². The second-order valence-corrected chi connectivity index (χ2v) is 6.84. The van der Waals surface area contributed by atoms with Gasteiger partial charge in [0, 0.05) is 22.8 Å². The quantitative estimate of drug-likeness (QED) is 0.674. The van der Waals surface area contributed by atoms with Crippen molar-refractivity contribution in [3.8, 4) is 5.75 Å². The number of hydrogen-bond acceptors (Lipinski definition) is 4. The van der Waals surface area contributed by atoms with Crippen LogP contribution in [0.15, 0.2) is 42.5 Å². The van der Waals surface area contributed by atoms with Gasteiger partial charge in [0.05, 0.1) is 20.2 Å². The Bertz CT molecular complexity index is 826. The first-order valence-electron chi connectivity index (χ1n) is 9.09. The maximum atomic E-state index is 12.3. The molecule has 0 aromatic heterocycles. The van der Waals surface area contributed by atoms with E-state index >= 15 is 0 Å². The fraction of sp³-hybridized carbons (Fsp3) is 0.333. The van der Waals surface area contributed by atoms with Gasteiger partial charge in [-0.25, -0.2) is 0 Å². The van der Waals surface area contributed by atoms with Gasteiger partial charge >= 0.3 is 0 Å². The molecule has 0 saturated heterocycles. The van der Waals surface area contributed by atoms with Crippen LogP contribution in [0.25, 0.3) is 0 Å². The zero-order valence-corrected chi connectivity index (χ0v) is 17.2. The number of para-hydroxylation sites is 1.